The molecule has 48 valence electrons. The summed E-state index contributed by atoms with van der Waals surface area (Å²) in [6.07, 6.45) is -1.26. The zero-order valence-corrected chi connectivity index (χ0v) is 7.27. The molecule has 2 aliphatic rings. The average molecular weight is 202 g/mol. The van der Waals surface area contributed by atoms with E-state index >= 15 is 0 Å². The molecule has 0 aromatic rings. The van der Waals surface area contributed by atoms with E-state index in [-0.39, 0.29) is 0 Å². The topological polar surface area (TPSA) is 36.9 Å². The standard InChI is InChI=1S/CO4P2S2/c8-6-2-1(3-6)4-7(9)5-1/q+2. The van der Waals surface area contributed by atoms with Crippen LogP contribution in [0.5, 0.6) is 0 Å². The Hall–Kier alpha value is 0.880. The Bertz CT molecular complexity index is 161. The number of hydrogen-bond acceptors (Lipinski definition) is 6. The van der Waals surface area contributed by atoms with E-state index in [2.05, 4.69) is 23.6 Å². The summed E-state index contributed by atoms with van der Waals surface area (Å²) in [6, 6.07) is 0. The summed E-state index contributed by atoms with van der Waals surface area (Å²) in [4.78, 5) is 0. The lowest BCUT2D eigenvalue weighted by Crippen LogP contribution is -2.47. The molecule has 8 heteroatoms. The second kappa shape index (κ2) is 1.94. The van der Waals surface area contributed by atoms with Crippen molar-refractivity contribution in [1.82, 2.24) is 0 Å². The summed E-state index contributed by atoms with van der Waals surface area (Å²) in [5.41, 5.74) is 0. The molecule has 0 bridgehead atoms. The largest absolute Gasteiger partial charge is 0.582 e. The van der Waals surface area contributed by atoms with Crippen LogP contribution in [0.15, 0.2) is 0 Å². The molecule has 0 unspecified atom stereocenters. The first-order valence-corrected chi connectivity index (χ1v) is 6.29. The minimum absolute atomic E-state index is 1.18. The van der Waals surface area contributed by atoms with E-state index in [0.29, 0.717) is 0 Å². The van der Waals surface area contributed by atoms with Crippen LogP contribution < -0.4 is 0 Å². The molecule has 0 aromatic heterocycles. The molecule has 2 rings (SSSR count). The van der Waals surface area contributed by atoms with E-state index in [1.165, 1.54) is 0 Å². The molecule has 0 radical (unpaired) electrons. The van der Waals surface area contributed by atoms with Crippen molar-refractivity contribution in [3.05, 3.63) is 0 Å². The first-order valence-electron chi connectivity index (χ1n) is 1.91. The van der Waals surface area contributed by atoms with Crippen LogP contribution >= 0.6 is 14.3 Å². The lowest BCUT2D eigenvalue weighted by atomic mass is 11.2. The normalized spacial score (nSPS) is 48.4. The van der Waals surface area contributed by atoms with Gasteiger partial charge >= 0.3 is 20.5 Å². The Balaban J connectivity index is 2.01. The molecule has 0 aliphatic carbocycles. The fourth-order valence-electron chi connectivity index (χ4n) is 0.445. The molecule has 2 saturated heterocycles. The summed E-state index contributed by atoms with van der Waals surface area (Å²) in [6.45, 7) is 0. The highest BCUT2D eigenvalue weighted by Gasteiger charge is 2.78. The van der Waals surface area contributed by atoms with E-state index < -0.39 is 20.5 Å². The second-order valence-electron chi connectivity index (χ2n) is 1.31. The van der Waals surface area contributed by atoms with Crippen LogP contribution in [-0.4, -0.2) is 6.16 Å². The second-order valence-corrected chi connectivity index (χ2v) is 4.73. The van der Waals surface area contributed by atoms with E-state index in [9.17, 15) is 0 Å². The minimum Gasteiger partial charge on any atom is -0.0326 e. The molecular formula is CO4P2S2+2. The maximum absolute atomic E-state index is 4.80. The SMILES string of the molecule is S=[P+]1OC2(O1)O[P+](=S)O2. The van der Waals surface area contributed by atoms with Crippen LogP contribution in [0.25, 0.3) is 0 Å². The fraction of sp³-hybridized carbons (Fsp3) is 1.00. The van der Waals surface area contributed by atoms with E-state index in [4.69, 9.17) is 18.1 Å². The number of hydrogen-bond donors (Lipinski definition) is 0. The van der Waals surface area contributed by atoms with Crippen molar-refractivity contribution in [2.45, 2.75) is 6.16 Å². The van der Waals surface area contributed by atoms with Crippen molar-refractivity contribution in [1.29, 1.82) is 0 Å². The van der Waals surface area contributed by atoms with Gasteiger partial charge in [0.1, 0.15) is 0 Å². The van der Waals surface area contributed by atoms with Crippen molar-refractivity contribution in [3.8, 4) is 0 Å². The number of rotatable bonds is 0. The van der Waals surface area contributed by atoms with Crippen LogP contribution in [-0.2, 0) is 41.7 Å². The van der Waals surface area contributed by atoms with Gasteiger partial charge in [-0.05, 0) is 18.1 Å². The summed E-state index contributed by atoms with van der Waals surface area (Å²) in [5, 5.41) is 0. The van der Waals surface area contributed by atoms with Crippen LogP contribution in [0, 0.1) is 0 Å². The van der Waals surface area contributed by atoms with Crippen molar-refractivity contribution in [2.24, 2.45) is 0 Å². The van der Waals surface area contributed by atoms with Gasteiger partial charge in [0.2, 0.25) is 23.6 Å². The van der Waals surface area contributed by atoms with Gasteiger partial charge < -0.3 is 0 Å². The van der Waals surface area contributed by atoms with Crippen LogP contribution in [0.1, 0.15) is 0 Å². The predicted molar refractivity (Wildman–Crippen MR) is 35.6 cm³/mol. The lowest BCUT2D eigenvalue weighted by molar-refractivity contribution is -0.445. The molecule has 0 saturated carbocycles. The van der Waals surface area contributed by atoms with Gasteiger partial charge in [0.15, 0.2) is 0 Å². The Labute approximate surface area is 62.6 Å². The fourth-order valence-corrected chi connectivity index (χ4v) is 2.83. The van der Waals surface area contributed by atoms with Crippen molar-refractivity contribution in [2.75, 3.05) is 0 Å². The van der Waals surface area contributed by atoms with Crippen LogP contribution in [0.2, 0.25) is 0 Å². The maximum atomic E-state index is 4.80. The Morgan fingerprint density at radius 1 is 0.889 bits per heavy atom. The van der Waals surface area contributed by atoms with Gasteiger partial charge in [-0.25, -0.2) is 0 Å². The molecule has 0 amide bonds. The van der Waals surface area contributed by atoms with Crippen LogP contribution in [0.4, 0.5) is 0 Å². The summed E-state index contributed by atoms with van der Waals surface area (Å²) in [7, 11) is -2.36. The molecule has 0 N–H and O–H groups in total. The zero-order chi connectivity index (χ0) is 6.48. The molecule has 1 spiro atoms. The van der Waals surface area contributed by atoms with Gasteiger partial charge in [-0.15, -0.1) is 0 Å². The Morgan fingerprint density at radius 2 is 1.22 bits per heavy atom. The molecule has 0 atom stereocenters. The maximum Gasteiger partial charge on any atom is 0.582 e. The Morgan fingerprint density at radius 3 is 1.44 bits per heavy atom. The first-order chi connectivity index (χ1) is 4.20. The molecule has 4 nitrogen and oxygen atoms in total. The summed E-state index contributed by atoms with van der Waals surface area (Å²) >= 11 is 9.18. The molecule has 9 heavy (non-hydrogen) atoms. The predicted octanol–water partition coefficient (Wildman–Crippen LogP) is 1.24. The minimum atomic E-state index is -1.26. The lowest BCUT2D eigenvalue weighted by Gasteiger charge is -2.23. The molecular weight excluding hydrogens is 202 g/mol. The third kappa shape index (κ3) is 0.964. The third-order valence-corrected chi connectivity index (χ3v) is 3.13. The zero-order valence-electron chi connectivity index (χ0n) is 3.84. The van der Waals surface area contributed by atoms with Crippen molar-refractivity contribution < 1.29 is 18.1 Å². The Kier molecular flexibility index (Phi) is 1.42. The molecule has 2 heterocycles. The van der Waals surface area contributed by atoms with Gasteiger partial charge in [-0.2, -0.15) is 0 Å². The van der Waals surface area contributed by atoms with E-state index in [1.807, 2.05) is 0 Å². The van der Waals surface area contributed by atoms with Gasteiger partial charge in [0, 0.05) is 0 Å². The van der Waals surface area contributed by atoms with Gasteiger partial charge in [0.05, 0.1) is 0 Å². The third-order valence-electron chi connectivity index (χ3n) is 0.745. The quantitative estimate of drug-likeness (QED) is 0.550. The van der Waals surface area contributed by atoms with Crippen molar-refractivity contribution >= 4 is 37.9 Å². The van der Waals surface area contributed by atoms with Gasteiger partial charge in [-0.3, -0.25) is 0 Å². The highest BCUT2D eigenvalue weighted by Crippen LogP contribution is 2.63. The molecule has 0 aromatic carbocycles. The molecule has 2 aliphatic heterocycles. The van der Waals surface area contributed by atoms with Crippen molar-refractivity contribution in [3.63, 3.8) is 0 Å². The first kappa shape index (κ1) is 6.58. The van der Waals surface area contributed by atoms with E-state index in [1.54, 1.807) is 0 Å². The summed E-state index contributed by atoms with van der Waals surface area (Å²) < 4.78 is 19.2. The average Bonchev–Trinajstić information content (AvgIpc) is 1.58. The smallest absolute Gasteiger partial charge is 0.0326 e. The van der Waals surface area contributed by atoms with E-state index in [0.717, 1.165) is 0 Å². The van der Waals surface area contributed by atoms with Crippen LogP contribution in [0.3, 0.4) is 0 Å². The highest BCUT2D eigenvalue weighted by molar-refractivity contribution is 8.02. The highest BCUT2D eigenvalue weighted by atomic mass is 32.4. The summed E-state index contributed by atoms with van der Waals surface area (Å²) in [5.74, 6) is 0. The van der Waals surface area contributed by atoms with Gasteiger partial charge in [-0.1, -0.05) is 0 Å². The van der Waals surface area contributed by atoms with Gasteiger partial charge in [0.25, 0.3) is 0 Å². The molecule has 2 fully saturated rings. The monoisotopic (exact) mass is 202 g/mol.